The van der Waals surface area contributed by atoms with Crippen molar-refractivity contribution in [3.8, 4) is 0 Å². The number of hydrogen-bond acceptors (Lipinski definition) is 6. The van der Waals surface area contributed by atoms with Crippen LogP contribution < -0.4 is 0 Å². The predicted molar refractivity (Wildman–Crippen MR) is 363 cm³/mol. The van der Waals surface area contributed by atoms with Crippen LogP contribution in [0.25, 0.3) is 0 Å². The number of allylic oxidation sites excluding steroid dienone is 4. The number of esters is 3. The highest BCUT2D eigenvalue weighted by atomic mass is 16.6. The molecule has 0 aromatic heterocycles. The molecule has 0 fully saturated rings. The van der Waals surface area contributed by atoms with Gasteiger partial charge >= 0.3 is 17.9 Å². The predicted octanol–water partition coefficient (Wildman–Crippen LogP) is 26.1. The van der Waals surface area contributed by atoms with E-state index >= 15 is 0 Å². The molecule has 0 N–H and O–H groups in total. The Balaban J connectivity index is 4.25. The van der Waals surface area contributed by atoms with E-state index in [1.165, 1.54) is 327 Å². The number of hydrogen-bond donors (Lipinski definition) is 0. The van der Waals surface area contributed by atoms with Crippen molar-refractivity contribution in [3.05, 3.63) is 24.3 Å². The summed E-state index contributed by atoms with van der Waals surface area (Å²) >= 11 is 0. The van der Waals surface area contributed by atoms with Crippen LogP contribution in [-0.4, -0.2) is 37.2 Å². The van der Waals surface area contributed by atoms with Gasteiger partial charge in [0.25, 0.3) is 0 Å². The molecule has 0 aromatic carbocycles. The van der Waals surface area contributed by atoms with Crippen LogP contribution in [0, 0.1) is 0 Å². The zero-order valence-corrected chi connectivity index (χ0v) is 56.5. The third-order valence-electron chi connectivity index (χ3n) is 17.5. The molecule has 0 bridgehead atoms. The monoisotopic (exact) mass is 1170 g/mol. The van der Waals surface area contributed by atoms with Crippen molar-refractivity contribution in [2.75, 3.05) is 13.2 Å². The first-order valence-corrected chi connectivity index (χ1v) is 37.8. The van der Waals surface area contributed by atoms with E-state index in [0.29, 0.717) is 19.3 Å². The van der Waals surface area contributed by atoms with Gasteiger partial charge in [0.15, 0.2) is 6.10 Å². The molecule has 0 rings (SSSR count). The van der Waals surface area contributed by atoms with Gasteiger partial charge in [-0.05, 0) is 51.4 Å². The molecule has 0 spiro atoms. The summed E-state index contributed by atoms with van der Waals surface area (Å²) in [6.07, 6.45) is 89.3. The van der Waals surface area contributed by atoms with Crippen molar-refractivity contribution in [2.24, 2.45) is 0 Å². The van der Waals surface area contributed by atoms with Crippen molar-refractivity contribution >= 4 is 17.9 Å². The van der Waals surface area contributed by atoms with Crippen LogP contribution in [0.2, 0.25) is 0 Å². The van der Waals surface area contributed by atoms with E-state index < -0.39 is 6.10 Å². The quantitative estimate of drug-likeness (QED) is 0.0261. The topological polar surface area (TPSA) is 78.9 Å². The highest BCUT2D eigenvalue weighted by Crippen LogP contribution is 2.19. The van der Waals surface area contributed by atoms with Crippen molar-refractivity contribution in [3.63, 3.8) is 0 Å². The summed E-state index contributed by atoms with van der Waals surface area (Å²) in [5.41, 5.74) is 0. The molecular formula is C77H146O6. The van der Waals surface area contributed by atoms with Crippen LogP contribution in [0.4, 0.5) is 0 Å². The summed E-state index contributed by atoms with van der Waals surface area (Å²) in [7, 11) is 0. The molecule has 0 radical (unpaired) electrons. The number of unbranched alkanes of at least 4 members (excludes halogenated alkanes) is 56. The lowest BCUT2D eigenvalue weighted by atomic mass is 10.0. The first-order valence-electron chi connectivity index (χ1n) is 37.8. The largest absolute Gasteiger partial charge is 0.462 e. The summed E-state index contributed by atoms with van der Waals surface area (Å²) in [6, 6.07) is 0. The van der Waals surface area contributed by atoms with E-state index in [9.17, 15) is 14.4 Å². The van der Waals surface area contributed by atoms with Crippen molar-refractivity contribution in [1.82, 2.24) is 0 Å². The lowest BCUT2D eigenvalue weighted by Gasteiger charge is -2.18. The maximum absolute atomic E-state index is 13.0. The Morgan fingerprint density at radius 2 is 0.434 bits per heavy atom. The molecule has 1 atom stereocenters. The lowest BCUT2D eigenvalue weighted by Crippen LogP contribution is -2.30. The average molecular weight is 1170 g/mol. The molecule has 0 aliphatic heterocycles. The molecule has 0 heterocycles. The van der Waals surface area contributed by atoms with Crippen LogP contribution in [0.1, 0.15) is 432 Å². The Hall–Kier alpha value is -2.11. The minimum absolute atomic E-state index is 0.0660. The van der Waals surface area contributed by atoms with E-state index in [4.69, 9.17) is 14.2 Å². The van der Waals surface area contributed by atoms with Gasteiger partial charge in [-0.25, -0.2) is 0 Å². The van der Waals surface area contributed by atoms with Gasteiger partial charge in [-0.1, -0.05) is 385 Å². The second-order valence-corrected chi connectivity index (χ2v) is 25.9. The molecule has 1 unspecified atom stereocenters. The average Bonchev–Trinajstić information content (AvgIpc) is 3.50. The van der Waals surface area contributed by atoms with Crippen molar-refractivity contribution < 1.29 is 28.6 Å². The highest BCUT2D eigenvalue weighted by Gasteiger charge is 2.20. The first kappa shape index (κ1) is 80.9. The van der Waals surface area contributed by atoms with Crippen LogP contribution in [0.5, 0.6) is 0 Å². The molecule has 0 aliphatic carbocycles. The van der Waals surface area contributed by atoms with E-state index in [1.807, 2.05) is 0 Å². The van der Waals surface area contributed by atoms with Crippen LogP contribution in [0.3, 0.4) is 0 Å². The van der Waals surface area contributed by atoms with E-state index in [-0.39, 0.29) is 31.1 Å². The van der Waals surface area contributed by atoms with E-state index in [0.717, 1.165) is 64.2 Å². The normalized spacial score (nSPS) is 12.1. The zero-order valence-electron chi connectivity index (χ0n) is 56.5. The van der Waals surface area contributed by atoms with Gasteiger partial charge in [0.1, 0.15) is 13.2 Å². The first-order chi connectivity index (χ1) is 41.0. The van der Waals surface area contributed by atoms with E-state index in [2.05, 4.69) is 45.1 Å². The molecule has 83 heavy (non-hydrogen) atoms. The summed E-state index contributed by atoms with van der Waals surface area (Å²) < 4.78 is 17.0. The minimum Gasteiger partial charge on any atom is -0.462 e. The third kappa shape index (κ3) is 70.5. The molecule has 0 saturated carbocycles. The van der Waals surface area contributed by atoms with Gasteiger partial charge in [-0.3, -0.25) is 14.4 Å². The Morgan fingerprint density at radius 1 is 0.241 bits per heavy atom. The van der Waals surface area contributed by atoms with Gasteiger partial charge < -0.3 is 14.2 Å². The van der Waals surface area contributed by atoms with Crippen LogP contribution in [0.15, 0.2) is 24.3 Å². The zero-order chi connectivity index (χ0) is 59.9. The fraction of sp³-hybridized carbons (Fsp3) is 0.909. The summed E-state index contributed by atoms with van der Waals surface area (Å²) in [5.74, 6) is -0.832. The lowest BCUT2D eigenvalue weighted by molar-refractivity contribution is -0.167. The smallest absolute Gasteiger partial charge is 0.306 e. The van der Waals surface area contributed by atoms with Gasteiger partial charge in [0.2, 0.25) is 0 Å². The van der Waals surface area contributed by atoms with Crippen LogP contribution in [-0.2, 0) is 28.6 Å². The molecular weight excluding hydrogens is 1020 g/mol. The Bertz CT molecular complexity index is 1340. The van der Waals surface area contributed by atoms with E-state index in [1.54, 1.807) is 0 Å². The second kappa shape index (κ2) is 72.4. The fourth-order valence-corrected chi connectivity index (χ4v) is 11.8. The summed E-state index contributed by atoms with van der Waals surface area (Å²) in [4.78, 5) is 38.5. The maximum Gasteiger partial charge on any atom is 0.306 e. The van der Waals surface area contributed by atoms with Crippen molar-refractivity contribution in [2.45, 2.75) is 438 Å². The molecule has 6 nitrogen and oxygen atoms in total. The van der Waals surface area contributed by atoms with Crippen molar-refractivity contribution in [1.29, 1.82) is 0 Å². The van der Waals surface area contributed by atoms with Gasteiger partial charge in [-0.2, -0.15) is 0 Å². The number of ether oxygens (including phenoxy) is 3. The summed E-state index contributed by atoms with van der Waals surface area (Å²) in [6.45, 7) is 6.73. The van der Waals surface area contributed by atoms with Gasteiger partial charge in [-0.15, -0.1) is 0 Å². The Labute approximate surface area is 519 Å². The highest BCUT2D eigenvalue weighted by molar-refractivity contribution is 5.71. The Kier molecular flexibility index (Phi) is 70.5. The molecule has 0 aliphatic rings. The Morgan fingerprint density at radius 3 is 0.663 bits per heavy atom. The standard InChI is InChI=1S/C77H146O6/c1-4-7-10-13-16-19-22-25-28-31-33-35-36-37-38-39-40-42-43-46-49-52-55-58-61-64-67-70-76(79)82-73-74(72-81-75(78)69-66-63-60-57-54-51-48-45-30-27-24-21-18-15-12-9-6-3)83-77(80)71-68-65-62-59-56-53-50-47-44-41-34-32-29-26-23-20-17-14-11-8-5-2/h23,26,32,34,74H,4-22,24-25,27-31,33,35-73H2,1-3H3/b26-23-,34-32-. The number of carbonyl (C=O) groups excluding carboxylic acids is 3. The minimum atomic E-state index is -0.771. The number of carbonyl (C=O) groups is 3. The third-order valence-corrected chi connectivity index (χ3v) is 17.5. The van der Waals surface area contributed by atoms with Crippen LogP contribution >= 0.6 is 0 Å². The fourth-order valence-electron chi connectivity index (χ4n) is 11.8. The number of rotatable bonds is 71. The molecule has 0 aromatic rings. The van der Waals surface area contributed by atoms with Gasteiger partial charge in [0, 0.05) is 19.3 Å². The molecule has 490 valence electrons. The second-order valence-electron chi connectivity index (χ2n) is 25.9. The summed E-state index contributed by atoms with van der Waals surface area (Å²) in [5, 5.41) is 0. The maximum atomic E-state index is 13.0. The molecule has 0 amide bonds. The molecule has 6 heteroatoms. The van der Waals surface area contributed by atoms with Gasteiger partial charge in [0.05, 0.1) is 0 Å². The SMILES string of the molecule is CCCCCCC/C=C\C/C=C\CCCCCCCCCCCC(=O)OC(COC(=O)CCCCCCCCCCCCCCCCCCC)COC(=O)CCCCCCCCCCCCCCCCCCCCCCCCCCCCC. The molecule has 0 saturated heterocycles.